The topological polar surface area (TPSA) is 92.5 Å². The maximum atomic E-state index is 12.1. The third-order valence-electron chi connectivity index (χ3n) is 3.63. The van der Waals surface area contributed by atoms with Gasteiger partial charge in [0.2, 0.25) is 0 Å². The molecule has 0 saturated heterocycles. The molecule has 108 valence electrons. The highest BCUT2D eigenvalue weighted by Crippen LogP contribution is 2.47. The molecule has 2 rings (SSSR count). The maximum absolute atomic E-state index is 12.1. The smallest absolute Gasteiger partial charge is 0.270 e. The van der Waals surface area contributed by atoms with E-state index in [0.717, 1.165) is 12.8 Å². The third-order valence-corrected chi connectivity index (χ3v) is 4.57. The number of carbonyl (C=O) groups excluding carboxylic acids is 1. The van der Waals surface area contributed by atoms with E-state index >= 15 is 0 Å². The number of halogens is 1. The van der Waals surface area contributed by atoms with Crippen LogP contribution in [-0.2, 0) is 0 Å². The zero-order valence-corrected chi connectivity index (χ0v) is 12.9. The number of carbonyl (C=O) groups is 1. The van der Waals surface area contributed by atoms with Crippen molar-refractivity contribution in [3.8, 4) is 0 Å². The summed E-state index contributed by atoms with van der Waals surface area (Å²) < 4.78 is 0.678. The summed E-state index contributed by atoms with van der Waals surface area (Å²) in [6.07, 6.45) is 2.68. The van der Waals surface area contributed by atoms with E-state index in [9.17, 15) is 14.9 Å². The molecule has 1 aromatic rings. The zero-order valence-electron chi connectivity index (χ0n) is 10.8. The molecule has 0 unspecified atom stereocenters. The Labute approximate surface area is 129 Å². The maximum Gasteiger partial charge on any atom is 0.270 e. The van der Waals surface area contributed by atoms with Crippen LogP contribution in [0.15, 0.2) is 18.2 Å². The second kappa shape index (κ2) is 6.04. The fourth-order valence-electron chi connectivity index (χ4n) is 2.09. The summed E-state index contributed by atoms with van der Waals surface area (Å²) in [4.78, 5) is 22.3. The van der Waals surface area contributed by atoms with Gasteiger partial charge in [0.25, 0.3) is 11.6 Å². The van der Waals surface area contributed by atoms with Crippen molar-refractivity contribution in [1.29, 1.82) is 0 Å². The Bertz CT molecular complexity index is 543. The van der Waals surface area contributed by atoms with Crippen LogP contribution >= 0.6 is 22.6 Å². The Morgan fingerprint density at radius 2 is 2.20 bits per heavy atom. The van der Waals surface area contributed by atoms with Gasteiger partial charge in [0.15, 0.2) is 0 Å². The monoisotopic (exact) mass is 390 g/mol. The van der Waals surface area contributed by atoms with Crippen LogP contribution in [0.25, 0.3) is 0 Å². The number of nitrogens with zero attached hydrogens (tertiary/aromatic N) is 1. The molecule has 1 aromatic carbocycles. The molecule has 0 heterocycles. The van der Waals surface area contributed by atoms with Crippen molar-refractivity contribution in [3.05, 3.63) is 37.4 Å². The molecule has 2 N–H and O–H groups in total. The van der Waals surface area contributed by atoms with Crippen molar-refractivity contribution in [1.82, 2.24) is 5.32 Å². The highest BCUT2D eigenvalue weighted by molar-refractivity contribution is 14.1. The van der Waals surface area contributed by atoms with Crippen LogP contribution < -0.4 is 5.32 Å². The quantitative estimate of drug-likeness (QED) is 0.442. The minimum atomic E-state index is -0.513. The molecule has 1 fully saturated rings. The molecule has 0 bridgehead atoms. The number of nitrogens with one attached hydrogen (secondary N) is 1. The van der Waals surface area contributed by atoms with Crippen LogP contribution in [0, 0.1) is 19.1 Å². The molecule has 0 radical (unpaired) electrons. The van der Waals surface area contributed by atoms with Crippen LogP contribution in [0.3, 0.4) is 0 Å². The van der Waals surface area contributed by atoms with Gasteiger partial charge in [-0.3, -0.25) is 14.9 Å². The minimum absolute atomic E-state index is 0.0244. The van der Waals surface area contributed by atoms with Crippen LogP contribution in [-0.4, -0.2) is 29.1 Å². The van der Waals surface area contributed by atoms with Crippen LogP contribution in [0.2, 0.25) is 0 Å². The highest BCUT2D eigenvalue weighted by Gasteiger charge is 2.42. The van der Waals surface area contributed by atoms with Crippen molar-refractivity contribution in [2.24, 2.45) is 5.41 Å². The Hall–Kier alpha value is -1.22. The van der Waals surface area contributed by atoms with Gasteiger partial charge in [0, 0.05) is 28.9 Å². The predicted molar refractivity (Wildman–Crippen MR) is 81.5 cm³/mol. The predicted octanol–water partition coefficient (Wildman–Crippen LogP) is 2.09. The zero-order chi connectivity index (χ0) is 14.8. The molecule has 1 aliphatic rings. The van der Waals surface area contributed by atoms with Crippen LogP contribution in [0.1, 0.15) is 29.6 Å². The van der Waals surface area contributed by atoms with E-state index in [1.807, 2.05) is 22.6 Å². The number of non-ortho nitro benzene ring substituents is 1. The second-order valence-electron chi connectivity index (χ2n) is 5.08. The largest absolute Gasteiger partial charge is 0.396 e. The van der Waals surface area contributed by atoms with Gasteiger partial charge in [-0.2, -0.15) is 0 Å². The van der Waals surface area contributed by atoms with E-state index in [1.165, 1.54) is 12.1 Å². The van der Waals surface area contributed by atoms with E-state index in [-0.39, 0.29) is 23.6 Å². The van der Waals surface area contributed by atoms with Gasteiger partial charge in [0.05, 0.1) is 10.5 Å². The second-order valence-corrected chi connectivity index (χ2v) is 6.24. The first-order valence-corrected chi connectivity index (χ1v) is 7.38. The molecular formula is C13H15IN2O4. The van der Waals surface area contributed by atoms with Gasteiger partial charge in [-0.15, -0.1) is 0 Å². The van der Waals surface area contributed by atoms with Gasteiger partial charge in [0.1, 0.15) is 0 Å². The Morgan fingerprint density at radius 3 is 2.75 bits per heavy atom. The molecular weight excluding hydrogens is 375 g/mol. The highest BCUT2D eigenvalue weighted by atomic mass is 127. The fourth-order valence-corrected chi connectivity index (χ4v) is 2.67. The van der Waals surface area contributed by atoms with Crippen LogP contribution in [0.4, 0.5) is 5.69 Å². The summed E-state index contributed by atoms with van der Waals surface area (Å²) in [5.41, 5.74) is 0.253. The van der Waals surface area contributed by atoms with Crippen molar-refractivity contribution in [2.45, 2.75) is 19.3 Å². The van der Waals surface area contributed by atoms with Gasteiger partial charge in [-0.05, 0) is 53.3 Å². The van der Waals surface area contributed by atoms with Gasteiger partial charge >= 0.3 is 0 Å². The van der Waals surface area contributed by atoms with Crippen LogP contribution in [0.5, 0.6) is 0 Å². The van der Waals surface area contributed by atoms with Crippen molar-refractivity contribution < 1.29 is 14.8 Å². The van der Waals surface area contributed by atoms with E-state index < -0.39 is 4.92 Å². The van der Waals surface area contributed by atoms with Crippen molar-refractivity contribution in [2.75, 3.05) is 13.2 Å². The van der Waals surface area contributed by atoms with Gasteiger partial charge in [-0.1, -0.05) is 0 Å². The number of hydrogen-bond donors (Lipinski definition) is 2. The molecule has 1 aliphatic carbocycles. The van der Waals surface area contributed by atoms with E-state index in [1.54, 1.807) is 6.07 Å². The summed E-state index contributed by atoms with van der Waals surface area (Å²) >= 11 is 1.99. The lowest BCUT2D eigenvalue weighted by Crippen LogP contribution is -2.31. The number of rotatable bonds is 6. The van der Waals surface area contributed by atoms with E-state index in [4.69, 9.17) is 5.11 Å². The van der Waals surface area contributed by atoms with Gasteiger partial charge in [-0.25, -0.2) is 0 Å². The molecule has 0 spiro atoms. The van der Waals surface area contributed by atoms with E-state index in [0.29, 0.717) is 22.1 Å². The Morgan fingerprint density at radius 1 is 1.50 bits per heavy atom. The normalized spacial score (nSPS) is 15.7. The summed E-state index contributed by atoms with van der Waals surface area (Å²) in [6, 6.07) is 4.24. The summed E-state index contributed by atoms with van der Waals surface area (Å²) in [6.45, 7) is 0.620. The number of amides is 1. The first-order valence-electron chi connectivity index (χ1n) is 6.30. The van der Waals surface area contributed by atoms with Gasteiger partial charge < -0.3 is 10.4 Å². The van der Waals surface area contributed by atoms with E-state index in [2.05, 4.69) is 5.32 Å². The molecule has 0 aliphatic heterocycles. The first-order chi connectivity index (χ1) is 9.47. The van der Waals surface area contributed by atoms with Crippen molar-refractivity contribution >= 4 is 34.2 Å². The number of benzene rings is 1. The number of hydrogen-bond acceptors (Lipinski definition) is 4. The summed E-state index contributed by atoms with van der Waals surface area (Å²) in [7, 11) is 0. The first kappa shape index (κ1) is 15.2. The number of aliphatic hydroxyl groups is 1. The SMILES string of the molecule is O=C(NCC1(CCO)CC1)c1cc([N+](=O)[O-])ccc1I. The van der Waals surface area contributed by atoms with Crippen molar-refractivity contribution in [3.63, 3.8) is 0 Å². The third kappa shape index (κ3) is 3.45. The Balaban J connectivity index is 2.05. The molecule has 0 aromatic heterocycles. The lowest BCUT2D eigenvalue weighted by atomic mass is 10.0. The fraction of sp³-hybridized carbons (Fsp3) is 0.462. The standard InChI is InChI=1S/C13H15IN2O4/c14-11-2-1-9(16(19)20)7-10(11)12(18)15-8-13(3-4-13)5-6-17/h1-2,7,17H,3-6,8H2,(H,15,18). The molecule has 0 atom stereocenters. The lowest BCUT2D eigenvalue weighted by molar-refractivity contribution is -0.384. The average molecular weight is 390 g/mol. The lowest BCUT2D eigenvalue weighted by Gasteiger charge is -2.14. The molecule has 6 nitrogen and oxygen atoms in total. The summed E-state index contributed by atoms with van der Waals surface area (Å²) in [5.74, 6) is -0.303. The molecule has 1 amide bonds. The Kier molecular flexibility index (Phi) is 4.59. The molecule has 1 saturated carbocycles. The number of nitro groups is 1. The molecule has 7 heteroatoms. The summed E-state index contributed by atoms with van der Waals surface area (Å²) in [5, 5.41) is 22.5. The number of aliphatic hydroxyl groups excluding tert-OH is 1. The molecule has 20 heavy (non-hydrogen) atoms. The minimum Gasteiger partial charge on any atom is -0.396 e. The average Bonchev–Trinajstić information content (AvgIpc) is 3.17. The number of nitro benzene ring substituents is 1.